The molecule has 1 N–H and O–H groups in total. The van der Waals surface area contributed by atoms with Gasteiger partial charge in [0.25, 0.3) is 5.91 Å². The monoisotopic (exact) mass is 266 g/mol. The highest BCUT2D eigenvalue weighted by atomic mass is 16.2. The van der Waals surface area contributed by atoms with E-state index in [0.29, 0.717) is 5.56 Å². The molecule has 0 aromatic heterocycles. The summed E-state index contributed by atoms with van der Waals surface area (Å²) >= 11 is 0. The van der Waals surface area contributed by atoms with Crippen molar-refractivity contribution >= 4 is 11.6 Å². The molecule has 0 spiro atoms. The molecule has 0 atom stereocenters. The molecule has 3 nitrogen and oxygen atoms in total. The van der Waals surface area contributed by atoms with Gasteiger partial charge in [-0.25, -0.2) is 5.43 Å². The second-order valence-corrected chi connectivity index (χ2v) is 4.82. The fraction of sp³-hybridized carbons (Fsp3) is 0.176. The molecule has 3 heteroatoms. The predicted octanol–water partition coefficient (Wildman–Crippen LogP) is 3.46. The first-order valence-electron chi connectivity index (χ1n) is 6.55. The number of hydrogen-bond acceptors (Lipinski definition) is 2. The van der Waals surface area contributed by atoms with Gasteiger partial charge in [-0.05, 0) is 38.0 Å². The van der Waals surface area contributed by atoms with Gasteiger partial charge in [-0.1, -0.05) is 48.0 Å². The van der Waals surface area contributed by atoms with Crippen molar-refractivity contribution in [2.24, 2.45) is 5.10 Å². The SMILES string of the molecule is CC(=NNC(=O)c1ccccc1C)c1ccc(C)cc1. The Morgan fingerprint density at radius 2 is 1.65 bits per heavy atom. The Kier molecular flexibility index (Phi) is 4.31. The van der Waals surface area contributed by atoms with Crippen LogP contribution in [0.5, 0.6) is 0 Å². The van der Waals surface area contributed by atoms with Crippen molar-refractivity contribution in [3.8, 4) is 0 Å². The predicted molar refractivity (Wildman–Crippen MR) is 82.0 cm³/mol. The minimum Gasteiger partial charge on any atom is -0.267 e. The minimum absolute atomic E-state index is 0.186. The quantitative estimate of drug-likeness (QED) is 0.671. The van der Waals surface area contributed by atoms with E-state index in [1.807, 2.05) is 63.2 Å². The van der Waals surface area contributed by atoms with Gasteiger partial charge in [-0.15, -0.1) is 0 Å². The lowest BCUT2D eigenvalue weighted by atomic mass is 10.1. The Balaban J connectivity index is 2.11. The zero-order chi connectivity index (χ0) is 14.5. The molecule has 0 fully saturated rings. The molecule has 0 radical (unpaired) electrons. The molecule has 0 aliphatic rings. The lowest BCUT2D eigenvalue weighted by molar-refractivity contribution is 0.0954. The van der Waals surface area contributed by atoms with E-state index < -0.39 is 0 Å². The molecule has 1 amide bonds. The van der Waals surface area contributed by atoms with E-state index in [2.05, 4.69) is 10.5 Å². The number of rotatable bonds is 3. The first-order chi connectivity index (χ1) is 9.58. The summed E-state index contributed by atoms with van der Waals surface area (Å²) in [6, 6.07) is 15.5. The van der Waals surface area contributed by atoms with E-state index in [9.17, 15) is 4.79 Å². The maximum absolute atomic E-state index is 12.0. The number of hydrazone groups is 1. The van der Waals surface area contributed by atoms with Crippen LogP contribution in [-0.2, 0) is 0 Å². The van der Waals surface area contributed by atoms with Crippen LogP contribution in [0.4, 0.5) is 0 Å². The molecule has 2 rings (SSSR count). The Morgan fingerprint density at radius 1 is 1.00 bits per heavy atom. The van der Waals surface area contributed by atoms with Crippen molar-refractivity contribution in [1.29, 1.82) is 0 Å². The number of hydrogen-bond donors (Lipinski definition) is 1. The van der Waals surface area contributed by atoms with E-state index in [-0.39, 0.29) is 5.91 Å². The first kappa shape index (κ1) is 14.0. The summed E-state index contributed by atoms with van der Waals surface area (Å²) in [6.45, 7) is 5.82. The second-order valence-electron chi connectivity index (χ2n) is 4.82. The fourth-order valence-corrected chi connectivity index (χ4v) is 1.88. The van der Waals surface area contributed by atoms with E-state index in [0.717, 1.165) is 16.8 Å². The minimum atomic E-state index is -0.186. The number of nitrogens with one attached hydrogen (secondary N) is 1. The standard InChI is InChI=1S/C17H18N2O/c1-12-8-10-15(11-9-12)14(3)18-19-17(20)16-7-5-4-6-13(16)2/h4-11H,1-3H3,(H,19,20). The summed E-state index contributed by atoms with van der Waals surface area (Å²) < 4.78 is 0. The Morgan fingerprint density at radius 3 is 2.30 bits per heavy atom. The van der Waals surface area contributed by atoms with Crippen LogP contribution in [-0.4, -0.2) is 11.6 Å². The van der Waals surface area contributed by atoms with Gasteiger partial charge in [-0.3, -0.25) is 4.79 Å². The summed E-state index contributed by atoms with van der Waals surface area (Å²) in [5, 5.41) is 4.16. The van der Waals surface area contributed by atoms with Crippen LogP contribution in [0.1, 0.15) is 34.0 Å². The molecule has 0 aliphatic heterocycles. The highest BCUT2D eigenvalue weighted by Crippen LogP contribution is 2.07. The lowest BCUT2D eigenvalue weighted by Gasteiger charge is -2.05. The fourth-order valence-electron chi connectivity index (χ4n) is 1.88. The van der Waals surface area contributed by atoms with E-state index in [1.54, 1.807) is 6.07 Å². The number of nitrogens with zero attached hydrogens (tertiary/aromatic N) is 1. The Bertz CT molecular complexity index is 642. The van der Waals surface area contributed by atoms with E-state index in [4.69, 9.17) is 0 Å². The van der Waals surface area contributed by atoms with E-state index in [1.165, 1.54) is 5.56 Å². The van der Waals surface area contributed by atoms with Gasteiger partial charge in [0.2, 0.25) is 0 Å². The summed E-state index contributed by atoms with van der Waals surface area (Å²) in [7, 11) is 0. The average Bonchev–Trinajstić information content (AvgIpc) is 2.45. The van der Waals surface area contributed by atoms with Crippen molar-refractivity contribution in [3.05, 3.63) is 70.8 Å². The van der Waals surface area contributed by atoms with Gasteiger partial charge in [-0.2, -0.15) is 5.10 Å². The smallest absolute Gasteiger partial charge is 0.267 e. The Hall–Kier alpha value is -2.42. The van der Waals surface area contributed by atoms with Crippen LogP contribution >= 0.6 is 0 Å². The van der Waals surface area contributed by atoms with Crippen LogP contribution in [0, 0.1) is 13.8 Å². The van der Waals surface area contributed by atoms with Crippen molar-refractivity contribution in [3.63, 3.8) is 0 Å². The summed E-state index contributed by atoms with van der Waals surface area (Å²) in [4.78, 5) is 12.0. The van der Waals surface area contributed by atoms with Crippen LogP contribution in [0.3, 0.4) is 0 Å². The molecular formula is C17H18N2O. The van der Waals surface area contributed by atoms with Crippen molar-refractivity contribution in [2.45, 2.75) is 20.8 Å². The molecule has 2 aromatic carbocycles. The van der Waals surface area contributed by atoms with Gasteiger partial charge in [0.05, 0.1) is 5.71 Å². The maximum atomic E-state index is 12.0. The third kappa shape index (κ3) is 3.32. The maximum Gasteiger partial charge on any atom is 0.271 e. The number of aryl methyl sites for hydroxylation is 2. The van der Waals surface area contributed by atoms with Crippen LogP contribution < -0.4 is 5.43 Å². The van der Waals surface area contributed by atoms with Gasteiger partial charge in [0.1, 0.15) is 0 Å². The molecule has 20 heavy (non-hydrogen) atoms. The Labute approximate surface area is 119 Å². The molecule has 0 saturated heterocycles. The van der Waals surface area contributed by atoms with E-state index >= 15 is 0 Å². The average molecular weight is 266 g/mol. The molecule has 0 aliphatic carbocycles. The van der Waals surface area contributed by atoms with Gasteiger partial charge >= 0.3 is 0 Å². The summed E-state index contributed by atoms with van der Waals surface area (Å²) in [5.74, 6) is -0.186. The largest absolute Gasteiger partial charge is 0.271 e. The third-order valence-electron chi connectivity index (χ3n) is 3.18. The van der Waals surface area contributed by atoms with Crippen LogP contribution in [0.25, 0.3) is 0 Å². The number of amides is 1. The molecule has 0 unspecified atom stereocenters. The number of carbonyl (C=O) groups is 1. The molecule has 102 valence electrons. The lowest BCUT2D eigenvalue weighted by Crippen LogP contribution is -2.20. The zero-order valence-electron chi connectivity index (χ0n) is 12.0. The third-order valence-corrected chi connectivity index (χ3v) is 3.18. The molecule has 0 saturated carbocycles. The number of carbonyl (C=O) groups excluding carboxylic acids is 1. The van der Waals surface area contributed by atoms with Crippen molar-refractivity contribution < 1.29 is 4.79 Å². The number of benzene rings is 2. The van der Waals surface area contributed by atoms with Crippen molar-refractivity contribution in [1.82, 2.24) is 5.43 Å². The van der Waals surface area contributed by atoms with Crippen molar-refractivity contribution in [2.75, 3.05) is 0 Å². The summed E-state index contributed by atoms with van der Waals surface area (Å²) in [5.41, 5.74) is 7.17. The first-order valence-corrected chi connectivity index (χ1v) is 6.55. The molecular weight excluding hydrogens is 248 g/mol. The highest BCUT2D eigenvalue weighted by Gasteiger charge is 2.07. The zero-order valence-corrected chi connectivity index (χ0v) is 12.0. The van der Waals surface area contributed by atoms with Crippen LogP contribution in [0.15, 0.2) is 53.6 Å². The highest BCUT2D eigenvalue weighted by molar-refractivity contribution is 6.01. The van der Waals surface area contributed by atoms with Gasteiger partial charge < -0.3 is 0 Å². The summed E-state index contributed by atoms with van der Waals surface area (Å²) in [6.07, 6.45) is 0. The second kappa shape index (κ2) is 6.15. The molecule has 0 heterocycles. The van der Waals surface area contributed by atoms with Gasteiger partial charge in [0.15, 0.2) is 0 Å². The normalized spacial score (nSPS) is 11.2. The van der Waals surface area contributed by atoms with Crippen LogP contribution in [0.2, 0.25) is 0 Å². The van der Waals surface area contributed by atoms with Gasteiger partial charge in [0, 0.05) is 5.56 Å². The molecule has 0 bridgehead atoms. The topological polar surface area (TPSA) is 41.5 Å². The molecule has 2 aromatic rings.